The first-order chi connectivity index (χ1) is 12.5. The second kappa shape index (κ2) is 7.21. The summed E-state index contributed by atoms with van der Waals surface area (Å²) in [7, 11) is 0. The van der Waals surface area contributed by atoms with Crippen molar-refractivity contribution < 1.29 is 14.6 Å². The summed E-state index contributed by atoms with van der Waals surface area (Å²) in [6, 6.07) is 10.0. The maximum Gasteiger partial charge on any atom is 0.299 e. The monoisotopic (exact) mass is 353 g/mol. The lowest BCUT2D eigenvalue weighted by Crippen LogP contribution is -1.99. The minimum Gasteiger partial charge on any atom is -0.437 e. The Morgan fingerprint density at radius 2 is 1.85 bits per heavy atom. The summed E-state index contributed by atoms with van der Waals surface area (Å²) < 4.78 is 5.55. The first-order valence-corrected chi connectivity index (χ1v) is 7.27. The minimum atomic E-state index is -0.688. The van der Waals surface area contributed by atoms with Gasteiger partial charge in [-0.2, -0.15) is 0 Å². The molecule has 0 bridgehead atoms. The molecule has 0 fully saturated rings. The van der Waals surface area contributed by atoms with Crippen molar-refractivity contribution in [3.8, 4) is 11.6 Å². The van der Waals surface area contributed by atoms with E-state index in [4.69, 9.17) is 4.74 Å². The van der Waals surface area contributed by atoms with Crippen molar-refractivity contribution in [2.24, 2.45) is 0 Å². The van der Waals surface area contributed by atoms with Gasteiger partial charge in [0.05, 0.1) is 22.1 Å². The van der Waals surface area contributed by atoms with Gasteiger partial charge in [-0.3, -0.25) is 25.2 Å². The molecule has 1 N–H and O–H groups in total. The fourth-order valence-corrected chi connectivity index (χ4v) is 2.14. The number of rotatable bonds is 6. The summed E-state index contributed by atoms with van der Waals surface area (Å²) in [5, 5.41) is 24.9. The molecule has 1 aromatic heterocycles. The summed E-state index contributed by atoms with van der Waals surface area (Å²) in [5.41, 5.74) is -0.137. The summed E-state index contributed by atoms with van der Waals surface area (Å²) in [4.78, 5) is 28.5. The Morgan fingerprint density at radius 1 is 1.00 bits per heavy atom. The van der Waals surface area contributed by atoms with E-state index in [2.05, 4.69) is 15.3 Å². The summed E-state index contributed by atoms with van der Waals surface area (Å²) in [5.74, 6) is 0.742. The molecule has 0 aliphatic carbocycles. The molecule has 3 aromatic rings. The number of anilines is 2. The SMILES string of the molecule is O=[N+]([O-])c1ccc(Nc2cccc(Oc3cnccn3)c2)c([N+](=O)[O-])c1. The third kappa shape index (κ3) is 3.87. The molecule has 0 aliphatic rings. The fourth-order valence-electron chi connectivity index (χ4n) is 2.14. The van der Waals surface area contributed by atoms with Crippen molar-refractivity contribution in [1.82, 2.24) is 9.97 Å². The van der Waals surface area contributed by atoms with E-state index < -0.39 is 15.5 Å². The smallest absolute Gasteiger partial charge is 0.299 e. The van der Waals surface area contributed by atoms with Crippen molar-refractivity contribution in [1.29, 1.82) is 0 Å². The van der Waals surface area contributed by atoms with Crippen LogP contribution < -0.4 is 10.1 Å². The van der Waals surface area contributed by atoms with Crippen molar-refractivity contribution >= 4 is 22.7 Å². The van der Waals surface area contributed by atoms with E-state index in [9.17, 15) is 20.2 Å². The van der Waals surface area contributed by atoms with E-state index in [0.29, 0.717) is 17.3 Å². The molecule has 0 unspecified atom stereocenters. The normalized spacial score (nSPS) is 10.2. The molecule has 0 aliphatic heterocycles. The van der Waals surface area contributed by atoms with Crippen LogP contribution in [0.4, 0.5) is 22.7 Å². The second-order valence-electron chi connectivity index (χ2n) is 5.01. The van der Waals surface area contributed by atoms with Crippen LogP contribution in [0.2, 0.25) is 0 Å². The highest BCUT2D eigenvalue weighted by Crippen LogP contribution is 2.32. The zero-order valence-corrected chi connectivity index (χ0v) is 13.1. The predicted octanol–water partition coefficient (Wildman–Crippen LogP) is 3.83. The zero-order chi connectivity index (χ0) is 18.5. The van der Waals surface area contributed by atoms with Gasteiger partial charge in [0.2, 0.25) is 5.88 Å². The van der Waals surface area contributed by atoms with Gasteiger partial charge < -0.3 is 10.1 Å². The van der Waals surface area contributed by atoms with E-state index >= 15 is 0 Å². The molecule has 3 rings (SSSR count). The Morgan fingerprint density at radius 3 is 2.54 bits per heavy atom. The van der Waals surface area contributed by atoms with Gasteiger partial charge in [0, 0.05) is 30.2 Å². The maximum absolute atomic E-state index is 11.2. The van der Waals surface area contributed by atoms with Gasteiger partial charge in [-0.05, 0) is 18.2 Å². The molecular formula is C16H11N5O5. The third-order valence-electron chi connectivity index (χ3n) is 3.26. The zero-order valence-electron chi connectivity index (χ0n) is 13.1. The first-order valence-electron chi connectivity index (χ1n) is 7.27. The summed E-state index contributed by atoms with van der Waals surface area (Å²) in [6.45, 7) is 0. The van der Waals surface area contributed by atoms with Crippen LogP contribution >= 0.6 is 0 Å². The molecule has 130 valence electrons. The molecule has 2 aromatic carbocycles. The molecule has 0 spiro atoms. The topological polar surface area (TPSA) is 133 Å². The molecule has 0 radical (unpaired) electrons. The van der Waals surface area contributed by atoms with E-state index in [1.54, 1.807) is 24.3 Å². The average molecular weight is 353 g/mol. The number of aromatic nitrogens is 2. The summed E-state index contributed by atoms with van der Waals surface area (Å²) >= 11 is 0. The van der Waals surface area contributed by atoms with Crippen LogP contribution in [-0.2, 0) is 0 Å². The van der Waals surface area contributed by atoms with E-state index in [1.807, 2.05) is 0 Å². The predicted molar refractivity (Wildman–Crippen MR) is 91.6 cm³/mol. The van der Waals surface area contributed by atoms with Gasteiger partial charge in [-0.15, -0.1) is 0 Å². The molecule has 10 heteroatoms. The largest absolute Gasteiger partial charge is 0.437 e. The van der Waals surface area contributed by atoms with E-state index in [1.165, 1.54) is 30.7 Å². The van der Waals surface area contributed by atoms with Gasteiger partial charge in [-0.1, -0.05) is 6.07 Å². The quantitative estimate of drug-likeness (QED) is 0.522. The number of hydrogen-bond acceptors (Lipinski definition) is 8. The Kier molecular flexibility index (Phi) is 4.65. The molecule has 0 saturated heterocycles. The Labute approximate surface area is 146 Å². The van der Waals surface area contributed by atoms with Crippen LogP contribution in [0.15, 0.2) is 61.1 Å². The highest BCUT2D eigenvalue weighted by molar-refractivity contribution is 5.72. The Bertz CT molecular complexity index is 964. The number of ether oxygens (including phenoxy) is 1. The Balaban J connectivity index is 1.86. The van der Waals surface area contributed by atoms with Gasteiger partial charge in [-0.25, -0.2) is 4.98 Å². The van der Waals surface area contributed by atoms with Crippen LogP contribution in [0.25, 0.3) is 0 Å². The van der Waals surface area contributed by atoms with Crippen molar-refractivity contribution in [3.63, 3.8) is 0 Å². The van der Waals surface area contributed by atoms with E-state index in [-0.39, 0.29) is 11.4 Å². The van der Waals surface area contributed by atoms with Gasteiger partial charge in [0.1, 0.15) is 11.4 Å². The molecule has 26 heavy (non-hydrogen) atoms. The van der Waals surface area contributed by atoms with Crippen LogP contribution in [0, 0.1) is 20.2 Å². The lowest BCUT2D eigenvalue weighted by atomic mass is 10.2. The van der Waals surface area contributed by atoms with Crippen molar-refractivity contribution in [2.45, 2.75) is 0 Å². The van der Waals surface area contributed by atoms with Crippen molar-refractivity contribution in [3.05, 3.63) is 81.3 Å². The molecule has 10 nitrogen and oxygen atoms in total. The molecule has 0 amide bonds. The maximum atomic E-state index is 11.2. The highest BCUT2D eigenvalue weighted by Gasteiger charge is 2.19. The number of benzene rings is 2. The van der Waals surface area contributed by atoms with Crippen LogP contribution in [-0.4, -0.2) is 19.8 Å². The van der Waals surface area contributed by atoms with Crippen LogP contribution in [0.1, 0.15) is 0 Å². The number of nitro benzene ring substituents is 2. The van der Waals surface area contributed by atoms with Gasteiger partial charge >= 0.3 is 0 Å². The minimum absolute atomic E-state index is 0.122. The van der Waals surface area contributed by atoms with Gasteiger partial charge in [0.25, 0.3) is 11.4 Å². The number of nitro groups is 2. The second-order valence-corrected chi connectivity index (χ2v) is 5.01. The average Bonchev–Trinajstić information content (AvgIpc) is 2.63. The highest BCUT2D eigenvalue weighted by atomic mass is 16.6. The number of nitrogens with one attached hydrogen (secondary N) is 1. The number of hydrogen-bond donors (Lipinski definition) is 1. The van der Waals surface area contributed by atoms with Crippen LogP contribution in [0.3, 0.4) is 0 Å². The molecule has 0 saturated carbocycles. The first kappa shape index (κ1) is 16.8. The van der Waals surface area contributed by atoms with Crippen molar-refractivity contribution in [2.75, 3.05) is 5.32 Å². The van der Waals surface area contributed by atoms with E-state index in [0.717, 1.165) is 6.07 Å². The number of non-ortho nitro benzene ring substituents is 1. The standard InChI is InChI=1S/C16H11N5O5/c22-20(23)12-4-5-14(15(9-12)21(24)25)19-11-2-1-3-13(8-11)26-16-10-17-6-7-18-16/h1-10,19H. The lowest BCUT2D eigenvalue weighted by molar-refractivity contribution is -0.393. The molecule has 1 heterocycles. The number of nitrogens with zero attached hydrogens (tertiary/aromatic N) is 4. The third-order valence-corrected chi connectivity index (χ3v) is 3.26. The summed E-state index contributed by atoms with van der Waals surface area (Å²) in [6.07, 6.45) is 4.44. The van der Waals surface area contributed by atoms with Crippen LogP contribution in [0.5, 0.6) is 11.6 Å². The fraction of sp³-hybridized carbons (Fsp3) is 0. The molecular weight excluding hydrogens is 342 g/mol. The van der Waals surface area contributed by atoms with Gasteiger partial charge in [0.15, 0.2) is 0 Å². The molecule has 0 atom stereocenters. The Hall–Kier alpha value is -4.08. The lowest BCUT2D eigenvalue weighted by Gasteiger charge is -2.09.